The van der Waals surface area contributed by atoms with Gasteiger partial charge in [0, 0.05) is 18.3 Å². The first-order chi connectivity index (χ1) is 7.27. The Kier molecular flexibility index (Phi) is 3.14. The lowest BCUT2D eigenvalue weighted by Crippen LogP contribution is -2.36. The van der Waals surface area contributed by atoms with E-state index in [1.807, 2.05) is 0 Å². The van der Waals surface area contributed by atoms with Crippen molar-refractivity contribution < 1.29 is 4.57 Å². The minimum atomic E-state index is 0.522. The van der Waals surface area contributed by atoms with Gasteiger partial charge in [-0.3, -0.25) is 4.99 Å². The van der Waals surface area contributed by atoms with Crippen molar-refractivity contribution in [1.82, 2.24) is 0 Å². The van der Waals surface area contributed by atoms with E-state index in [0.717, 1.165) is 13.0 Å². The van der Waals surface area contributed by atoms with Crippen LogP contribution in [0.5, 0.6) is 0 Å². The average Bonchev–Trinajstić information content (AvgIpc) is 2.30. The van der Waals surface area contributed by atoms with Crippen molar-refractivity contribution in [3.8, 4) is 0 Å². The van der Waals surface area contributed by atoms with E-state index in [4.69, 9.17) is 0 Å². The Morgan fingerprint density at radius 2 is 2.20 bits per heavy atom. The van der Waals surface area contributed by atoms with Crippen molar-refractivity contribution in [2.75, 3.05) is 6.54 Å². The Hall–Kier alpha value is -1.18. The van der Waals surface area contributed by atoms with Crippen LogP contribution in [0.25, 0.3) is 0 Å². The zero-order valence-electron chi connectivity index (χ0n) is 9.61. The number of hydrogen-bond donors (Lipinski definition) is 0. The number of aliphatic imine (C=N–C) groups is 1. The first-order valence-electron chi connectivity index (χ1n) is 5.82. The van der Waals surface area contributed by atoms with E-state index in [0.29, 0.717) is 6.04 Å². The van der Waals surface area contributed by atoms with Crippen LogP contribution < -0.4 is 4.57 Å². The fraction of sp³-hybridized carbons (Fsp3) is 0.538. The summed E-state index contributed by atoms with van der Waals surface area (Å²) < 4.78 is 2.24. The van der Waals surface area contributed by atoms with E-state index < -0.39 is 0 Å². The van der Waals surface area contributed by atoms with Crippen molar-refractivity contribution in [1.29, 1.82) is 0 Å². The molecule has 1 aliphatic heterocycles. The van der Waals surface area contributed by atoms with E-state index in [1.165, 1.54) is 24.1 Å². The van der Waals surface area contributed by atoms with Crippen molar-refractivity contribution in [3.63, 3.8) is 0 Å². The largest absolute Gasteiger partial charge is 0.289 e. The Labute approximate surface area is 91.7 Å². The Morgan fingerprint density at radius 3 is 2.87 bits per heavy atom. The second-order valence-corrected chi connectivity index (χ2v) is 4.42. The monoisotopic (exact) mass is 203 g/mol. The van der Waals surface area contributed by atoms with Crippen LogP contribution in [0.3, 0.4) is 0 Å². The first-order valence-corrected chi connectivity index (χ1v) is 5.82. The standard InChI is InChI=1S/C13H19N2/c1-11(2)15-9-5-6-12(10-15)13-7-3-4-8-14-13/h5-6,9-11H,3-4,7-8H2,1-2H3/q+1. The van der Waals surface area contributed by atoms with Crippen LogP contribution in [-0.2, 0) is 0 Å². The lowest BCUT2D eigenvalue weighted by atomic mass is 10.0. The maximum atomic E-state index is 4.60. The SMILES string of the molecule is CC(C)[n+]1cccc(C2=NCCCC2)c1. The van der Waals surface area contributed by atoms with E-state index in [9.17, 15) is 0 Å². The van der Waals surface area contributed by atoms with Crippen molar-refractivity contribution in [3.05, 3.63) is 30.1 Å². The molecule has 2 heteroatoms. The lowest BCUT2D eigenvalue weighted by molar-refractivity contribution is -0.716. The van der Waals surface area contributed by atoms with Gasteiger partial charge >= 0.3 is 0 Å². The van der Waals surface area contributed by atoms with Crippen LogP contribution in [0.15, 0.2) is 29.5 Å². The van der Waals surface area contributed by atoms with Gasteiger partial charge in [0.15, 0.2) is 18.4 Å². The fourth-order valence-electron chi connectivity index (χ4n) is 1.92. The summed E-state index contributed by atoms with van der Waals surface area (Å²) in [7, 11) is 0. The molecule has 1 aromatic heterocycles. The maximum absolute atomic E-state index is 4.60. The highest BCUT2D eigenvalue weighted by Gasteiger charge is 2.12. The van der Waals surface area contributed by atoms with Gasteiger partial charge in [-0.25, -0.2) is 4.57 Å². The predicted molar refractivity (Wildman–Crippen MR) is 62.3 cm³/mol. The summed E-state index contributed by atoms with van der Waals surface area (Å²) in [6, 6.07) is 4.81. The quantitative estimate of drug-likeness (QED) is 0.657. The molecule has 1 aliphatic rings. The minimum Gasteiger partial charge on any atom is -0.289 e. The fourth-order valence-corrected chi connectivity index (χ4v) is 1.92. The molecule has 0 amide bonds. The van der Waals surface area contributed by atoms with Crippen LogP contribution in [0, 0.1) is 0 Å². The van der Waals surface area contributed by atoms with Crippen LogP contribution in [0.2, 0.25) is 0 Å². The highest BCUT2D eigenvalue weighted by atomic mass is 15.0. The molecule has 80 valence electrons. The molecule has 15 heavy (non-hydrogen) atoms. The van der Waals surface area contributed by atoms with Crippen molar-refractivity contribution >= 4 is 5.71 Å². The molecule has 0 saturated carbocycles. The number of hydrogen-bond acceptors (Lipinski definition) is 1. The summed E-state index contributed by atoms with van der Waals surface area (Å²) in [5, 5.41) is 0. The molecule has 0 bridgehead atoms. The molecule has 2 rings (SSSR count). The van der Waals surface area contributed by atoms with Gasteiger partial charge in [-0.2, -0.15) is 0 Å². The van der Waals surface area contributed by atoms with Gasteiger partial charge in [0.1, 0.15) is 0 Å². The first kappa shape index (κ1) is 10.3. The summed E-state index contributed by atoms with van der Waals surface area (Å²) in [5.74, 6) is 0. The second-order valence-electron chi connectivity index (χ2n) is 4.42. The van der Waals surface area contributed by atoms with Gasteiger partial charge in [-0.1, -0.05) is 0 Å². The molecular formula is C13H19N2+. The summed E-state index contributed by atoms with van der Waals surface area (Å²) >= 11 is 0. The third-order valence-corrected chi connectivity index (χ3v) is 2.88. The van der Waals surface area contributed by atoms with Crippen LogP contribution in [0.4, 0.5) is 0 Å². The number of rotatable bonds is 2. The van der Waals surface area contributed by atoms with Crippen LogP contribution >= 0.6 is 0 Å². The van der Waals surface area contributed by atoms with Crippen molar-refractivity contribution in [2.45, 2.75) is 39.2 Å². The molecule has 0 aliphatic carbocycles. The van der Waals surface area contributed by atoms with Crippen LogP contribution in [0.1, 0.15) is 44.7 Å². The molecule has 0 fully saturated rings. The normalized spacial score (nSPS) is 16.6. The van der Waals surface area contributed by atoms with Crippen LogP contribution in [-0.4, -0.2) is 12.3 Å². The third kappa shape index (κ3) is 2.44. The smallest absolute Gasteiger partial charge is 0.178 e. The zero-order valence-corrected chi connectivity index (χ0v) is 9.61. The lowest BCUT2D eigenvalue weighted by Gasteiger charge is -2.11. The summed E-state index contributed by atoms with van der Waals surface area (Å²) in [5.41, 5.74) is 2.59. The van der Waals surface area contributed by atoms with Gasteiger partial charge in [0.2, 0.25) is 0 Å². The molecule has 0 radical (unpaired) electrons. The summed E-state index contributed by atoms with van der Waals surface area (Å²) in [4.78, 5) is 4.60. The molecule has 0 aromatic carbocycles. The second kappa shape index (κ2) is 4.56. The molecule has 0 spiro atoms. The van der Waals surface area contributed by atoms with Gasteiger partial charge in [-0.05, 0) is 39.2 Å². The van der Waals surface area contributed by atoms with E-state index >= 15 is 0 Å². The van der Waals surface area contributed by atoms with Crippen molar-refractivity contribution in [2.24, 2.45) is 4.99 Å². The van der Waals surface area contributed by atoms with E-state index in [1.54, 1.807) is 0 Å². The number of aromatic nitrogens is 1. The highest BCUT2D eigenvalue weighted by Crippen LogP contribution is 2.12. The Balaban J connectivity index is 2.27. The maximum Gasteiger partial charge on any atom is 0.178 e. The predicted octanol–water partition coefficient (Wildman–Crippen LogP) is 2.53. The van der Waals surface area contributed by atoms with Gasteiger partial charge in [-0.15, -0.1) is 0 Å². The molecule has 0 unspecified atom stereocenters. The molecule has 0 saturated heterocycles. The summed E-state index contributed by atoms with van der Waals surface area (Å²) in [6.45, 7) is 5.41. The topological polar surface area (TPSA) is 16.2 Å². The Morgan fingerprint density at radius 1 is 1.33 bits per heavy atom. The molecule has 0 atom stereocenters. The molecule has 1 aromatic rings. The van der Waals surface area contributed by atoms with E-state index in [2.05, 4.69) is 47.9 Å². The minimum absolute atomic E-state index is 0.522. The van der Waals surface area contributed by atoms with Gasteiger partial charge in [0.25, 0.3) is 0 Å². The highest BCUT2D eigenvalue weighted by molar-refractivity contribution is 6.00. The average molecular weight is 203 g/mol. The number of nitrogens with zero attached hydrogens (tertiary/aromatic N) is 2. The van der Waals surface area contributed by atoms with Gasteiger partial charge < -0.3 is 0 Å². The third-order valence-electron chi connectivity index (χ3n) is 2.88. The number of pyridine rings is 1. The molecular weight excluding hydrogens is 184 g/mol. The Bertz CT molecular complexity index is 367. The summed E-state index contributed by atoms with van der Waals surface area (Å²) in [6.07, 6.45) is 8.02. The van der Waals surface area contributed by atoms with E-state index in [-0.39, 0.29) is 0 Å². The molecule has 2 heterocycles. The molecule has 2 nitrogen and oxygen atoms in total. The van der Waals surface area contributed by atoms with Gasteiger partial charge in [0.05, 0.1) is 5.56 Å². The zero-order chi connectivity index (χ0) is 10.7. The molecule has 0 N–H and O–H groups in total.